The highest BCUT2D eigenvalue weighted by Crippen LogP contribution is 2.34. The number of carbonyl (C=O) groups is 1. The summed E-state index contributed by atoms with van der Waals surface area (Å²) < 4.78 is 5.82. The molecule has 4 nitrogen and oxygen atoms in total. The highest BCUT2D eigenvalue weighted by Gasteiger charge is 2.27. The molecule has 0 saturated heterocycles. The molecule has 1 amide bonds. The predicted octanol–water partition coefficient (Wildman–Crippen LogP) is 4.69. The van der Waals surface area contributed by atoms with E-state index in [1.165, 1.54) is 24.0 Å². The van der Waals surface area contributed by atoms with Crippen LogP contribution in [0.4, 0.5) is 0 Å². The summed E-state index contributed by atoms with van der Waals surface area (Å²) in [5.41, 5.74) is 4.69. The molecule has 160 valence electrons. The zero-order valence-electron chi connectivity index (χ0n) is 18.1. The van der Waals surface area contributed by atoms with Crippen LogP contribution in [-0.4, -0.2) is 42.3 Å². The fraction of sp³-hybridized carbons (Fsp3) is 0.480. The Kier molecular flexibility index (Phi) is 7.00. The maximum Gasteiger partial charge on any atom is 0.255 e. The number of ether oxygens (including phenoxy) is 1. The Morgan fingerprint density at radius 1 is 1.20 bits per heavy atom. The van der Waals surface area contributed by atoms with Crippen LogP contribution in [0.25, 0.3) is 0 Å². The third-order valence-corrected chi connectivity index (χ3v) is 6.93. The third kappa shape index (κ3) is 4.68. The van der Waals surface area contributed by atoms with Crippen LogP contribution in [0.5, 0.6) is 5.75 Å². The van der Waals surface area contributed by atoms with Gasteiger partial charge in [-0.05, 0) is 54.0 Å². The number of carbonyl (C=O) groups excluding carboxylic acids is 1. The van der Waals surface area contributed by atoms with Crippen LogP contribution in [0.15, 0.2) is 41.3 Å². The molecule has 0 bridgehead atoms. The van der Waals surface area contributed by atoms with Crippen molar-refractivity contribution < 1.29 is 9.53 Å². The average molecular weight is 425 g/mol. The summed E-state index contributed by atoms with van der Waals surface area (Å²) in [4.78, 5) is 16.8. The lowest BCUT2D eigenvalue weighted by atomic mass is 9.93. The van der Waals surface area contributed by atoms with Crippen LogP contribution in [0.1, 0.15) is 53.7 Å². The van der Waals surface area contributed by atoms with Crippen molar-refractivity contribution in [2.24, 2.45) is 0 Å². The zero-order chi connectivity index (χ0) is 20.9. The second kappa shape index (κ2) is 9.88. The van der Waals surface area contributed by atoms with Crippen molar-refractivity contribution in [3.05, 3.63) is 58.7 Å². The number of hydrogen-bond donors (Lipinski definition) is 1. The van der Waals surface area contributed by atoms with Crippen LogP contribution in [0.3, 0.4) is 0 Å². The van der Waals surface area contributed by atoms with Crippen LogP contribution in [0, 0.1) is 0 Å². The van der Waals surface area contributed by atoms with Gasteiger partial charge in [-0.1, -0.05) is 44.5 Å². The molecule has 0 aliphatic carbocycles. The van der Waals surface area contributed by atoms with Gasteiger partial charge in [0, 0.05) is 30.4 Å². The molecule has 1 atom stereocenters. The van der Waals surface area contributed by atoms with Crippen LogP contribution in [0.2, 0.25) is 0 Å². The lowest BCUT2D eigenvalue weighted by molar-refractivity contribution is 0.0921. The second-order valence-electron chi connectivity index (χ2n) is 8.15. The molecule has 0 saturated carbocycles. The fourth-order valence-corrected chi connectivity index (χ4v) is 5.23. The zero-order valence-corrected chi connectivity index (χ0v) is 18.9. The Hall–Kier alpha value is -1.98. The Balaban J connectivity index is 1.48. The standard InChI is InChI=1S/C25H32N2O2S/c1-3-5-11-27-17-20-9-7-6-8-18(20)13-21(27)16-26-25(28)23-15-22(30-4-2)14-19-10-12-29-24(19)23/h6-9,14-15,21H,3-5,10-13,16-17H2,1-2H3,(H,26,28)/t21-/m1/s1. The van der Waals surface area contributed by atoms with Crippen molar-refractivity contribution in [3.63, 3.8) is 0 Å². The van der Waals surface area contributed by atoms with E-state index < -0.39 is 0 Å². The predicted molar refractivity (Wildman–Crippen MR) is 124 cm³/mol. The molecule has 2 aromatic carbocycles. The van der Waals surface area contributed by atoms with Gasteiger partial charge in [-0.2, -0.15) is 0 Å². The molecule has 2 aromatic rings. The van der Waals surface area contributed by atoms with Crippen molar-refractivity contribution in [2.75, 3.05) is 25.4 Å². The largest absolute Gasteiger partial charge is 0.492 e. The Morgan fingerprint density at radius 3 is 2.83 bits per heavy atom. The van der Waals surface area contributed by atoms with Crippen molar-refractivity contribution in [1.82, 2.24) is 10.2 Å². The maximum absolute atomic E-state index is 13.2. The number of thioether (sulfide) groups is 1. The topological polar surface area (TPSA) is 41.6 Å². The van der Waals surface area contributed by atoms with Gasteiger partial charge >= 0.3 is 0 Å². The van der Waals surface area contributed by atoms with E-state index in [0.29, 0.717) is 24.8 Å². The minimum absolute atomic E-state index is 0.0130. The van der Waals surface area contributed by atoms with Gasteiger partial charge in [-0.15, -0.1) is 11.8 Å². The van der Waals surface area contributed by atoms with E-state index in [2.05, 4.69) is 54.4 Å². The molecule has 30 heavy (non-hydrogen) atoms. The number of unbranched alkanes of at least 4 members (excludes halogenated alkanes) is 1. The SMILES string of the molecule is CCCCN1Cc2ccccc2C[C@@H]1CNC(=O)c1cc(SCC)cc2c1OCC2. The number of fused-ring (bicyclic) bond motifs is 2. The summed E-state index contributed by atoms with van der Waals surface area (Å²) in [5.74, 6) is 1.76. The fourth-order valence-electron chi connectivity index (χ4n) is 4.47. The first-order valence-electron chi connectivity index (χ1n) is 11.2. The molecular formula is C25H32N2O2S. The first-order valence-corrected chi connectivity index (χ1v) is 12.2. The van der Waals surface area contributed by atoms with Gasteiger partial charge in [0.15, 0.2) is 0 Å². The van der Waals surface area contributed by atoms with E-state index in [1.54, 1.807) is 11.8 Å². The molecule has 0 aromatic heterocycles. The number of amides is 1. The molecule has 4 rings (SSSR count). The van der Waals surface area contributed by atoms with Crippen LogP contribution in [-0.2, 0) is 19.4 Å². The molecule has 0 unspecified atom stereocenters. The summed E-state index contributed by atoms with van der Waals surface area (Å²) in [6.45, 7) is 7.75. The summed E-state index contributed by atoms with van der Waals surface area (Å²) >= 11 is 1.78. The van der Waals surface area contributed by atoms with Gasteiger partial charge in [0.2, 0.25) is 0 Å². The summed E-state index contributed by atoms with van der Waals surface area (Å²) in [6, 6.07) is 13.2. The second-order valence-corrected chi connectivity index (χ2v) is 9.49. The van der Waals surface area contributed by atoms with Gasteiger partial charge in [0.25, 0.3) is 5.91 Å². The van der Waals surface area contributed by atoms with Gasteiger partial charge in [0.05, 0.1) is 12.2 Å². The highest BCUT2D eigenvalue weighted by atomic mass is 32.2. The molecule has 2 aliphatic heterocycles. The monoisotopic (exact) mass is 424 g/mol. The molecule has 0 radical (unpaired) electrons. The van der Waals surface area contributed by atoms with E-state index in [4.69, 9.17) is 4.74 Å². The van der Waals surface area contributed by atoms with Crippen molar-refractivity contribution in [2.45, 2.75) is 57.0 Å². The van der Waals surface area contributed by atoms with Gasteiger partial charge in [0.1, 0.15) is 5.75 Å². The average Bonchev–Trinajstić information content (AvgIpc) is 3.24. The number of nitrogens with one attached hydrogen (secondary N) is 1. The Bertz CT molecular complexity index is 899. The molecule has 2 heterocycles. The highest BCUT2D eigenvalue weighted by molar-refractivity contribution is 7.99. The lowest BCUT2D eigenvalue weighted by Crippen LogP contribution is -2.47. The number of rotatable bonds is 8. The maximum atomic E-state index is 13.2. The lowest BCUT2D eigenvalue weighted by Gasteiger charge is -2.37. The van der Waals surface area contributed by atoms with E-state index in [9.17, 15) is 4.79 Å². The number of hydrogen-bond acceptors (Lipinski definition) is 4. The molecule has 0 fully saturated rings. The van der Waals surface area contributed by atoms with Gasteiger partial charge < -0.3 is 10.1 Å². The van der Waals surface area contributed by atoms with Crippen molar-refractivity contribution >= 4 is 17.7 Å². The summed E-state index contributed by atoms with van der Waals surface area (Å²) in [6.07, 6.45) is 4.24. The number of nitrogens with zero attached hydrogens (tertiary/aromatic N) is 1. The molecular weight excluding hydrogens is 392 g/mol. The van der Waals surface area contributed by atoms with Gasteiger partial charge in [-0.3, -0.25) is 9.69 Å². The Labute approximate surface area is 184 Å². The van der Waals surface area contributed by atoms with E-state index in [1.807, 2.05) is 6.07 Å². The summed E-state index contributed by atoms with van der Waals surface area (Å²) in [7, 11) is 0. The number of benzene rings is 2. The van der Waals surface area contributed by atoms with Crippen LogP contribution < -0.4 is 10.1 Å². The Morgan fingerprint density at radius 2 is 2.03 bits per heavy atom. The molecule has 5 heteroatoms. The van der Waals surface area contributed by atoms with E-state index in [-0.39, 0.29) is 5.91 Å². The first kappa shape index (κ1) is 21.3. The van der Waals surface area contributed by atoms with Crippen molar-refractivity contribution in [3.8, 4) is 5.75 Å². The molecule has 1 N–H and O–H groups in total. The van der Waals surface area contributed by atoms with Crippen molar-refractivity contribution in [1.29, 1.82) is 0 Å². The molecule has 0 spiro atoms. The first-order chi connectivity index (χ1) is 14.7. The smallest absolute Gasteiger partial charge is 0.255 e. The van der Waals surface area contributed by atoms with Crippen LogP contribution >= 0.6 is 11.8 Å². The minimum Gasteiger partial charge on any atom is -0.492 e. The van der Waals surface area contributed by atoms with E-state index in [0.717, 1.165) is 47.9 Å². The minimum atomic E-state index is -0.0130. The quantitative estimate of drug-likeness (QED) is 0.624. The normalized spacial score (nSPS) is 17.9. The molecule has 2 aliphatic rings. The van der Waals surface area contributed by atoms with Gasteiger partial charge in [-0.25, -0.2) is 0 Å². The summed E-state index contributed by atoms with van der Waals surface area (Å²) in [5, 5.41) is 3.24. The van der Waals surface area contributed by atoms with E-state index >= 15 is 0 Å². The third-order valence-electron chi connectivity index (χ3n) is 6.07.